The van der Waals surface area contributed by atoms with E-state index in [1.165, 1.54) is 5.56 Å². The number of furan rings is 1. The third-order valence-electron chi connectivity index (χ3n) is 3.05. The quantitative estimate of drug-likeness (QED) is 0.648. The largest absolute Gasteiger partial charge is 0.453 e. The van der Waals surface area contributed by atoms with Crippen molar-refractivity contribution in [1.82, 2.24) is 5.43 Å². The molecule has 1 atom stereocenters. The summed E-state index contributed by atoms with van der Waals surface area (Å²) in [4.78, 5) is 0. The van der Waals surface area contributed by atoms with Crippen molar-refractivity contribution in [3.8, 4) is 0 Å². The van der Waals surface area contributed by atoms with E-state index >= 15 is 0 Å². The summed E-state index contributed by atoms with van der Waals surface area (Å²) >= 11 is 6.03. The van der Waals surface area contributed by atoms with E-state index in [1.807, 2.05) is 18.2 Å². The molecule has 0 saturated carbocycles. The number of hydrogen-bond donors (Lipinski definition) is 2. The highest BCUT2D eigenvalue weighted by atomic mass is 35.5. The molecule has 1 aromatic carbocycles. The second kappa shape index (κ2) is 6.24. The van der Waals surface area contributed by atoms with E-state index in [0.717, 1.165) is 17.5 Å². The van der Waals surface area contributed by atoms with E-state index < -0.39 is 0 Å². The summed E-state index contributed by atoms with van der Waals surface area (Å²) in [7, 11) is 0. The minimum absolute atomic E-state index is 0.154. The second-order valence-electron chi connectivity index (χ2n) is 5.09. The molecule has 19 heavy (non-hydrogen) atoms. The van der Waals surface area contributed by atoms with Gasteiger partial charge >= 0.3 is 0 Å². The van der Waals surface area contributed by atoms with Crippen LogP contribution < -0.4 is 11.3 Å². The van der Waals surface area contributed by atoms with Crippen LogP contribution in [0.4, 0.5) is 0 Å². The summed E-state index contributed by atoms with van der Waals surface area (Å²) < 4.78 is 5.13. The first-order valence-electron chi connectivity index (χ1n) is 6.39. The third-order valence-corrected chi connectivity index (χ3v) is 3.36. The Kier molecular flexibility index (Phi) is 4.64. The molecular formula is C15H19ClN2O. The average Bonchev–Trinajstić information content (AvgIpc) is 2.77. The van der Waals surface area contributed by atoms with E-state index in [0.29, 0.717) is 11.1 Å². The minimum Gasteiger partial charge on any atom is -0.453 e. The molecule has 2 rings (SSSR count). The van der Waals surface area contributed by atoms with Gasteiger partial charge in [-0.2, -0.15) is 0 Å². The molecule has 102 valence electrons. The number of rotatable bonds is 5. The van der Waals surface area contributed by atoms with Crippen molar-refractivity contribution in [2.24, 2.45) is 11.8 Å². The number of halogens is 1. The van der Waals surface area contributed by atoms with Crippen LogP contribution in [0.3, 0.4) is 0 Å². The molecule has 1 unspecified atom stereocenters. The Hall–Kier alpha value is -1.29. The molecule has 3 nitrogen and oxygen atoms in total. The Morgan fingerprint density at radius 3 is 2.68 bits per heavy atom. The van der Waals surface area contributed by atoms with Crippen LogP contribution in [0.25, 0.3) is 0 Å². The molecular weight excluding hydrogens is 260 g/mol. The van der Waals surface area contributed by atoms with E-state index in [9.17, 15) is 0 Å². The number of benzene rings is 1. The van der Waals surface area contributed by atoms with Crippen molar-refractivity contribution in [2.45, 2.75) is 26.3 Å². The van der Waals surface area contributed by atoms with E-state index in [4.69, 9.17) is 21.9 Å². The van der Waals surface area contributed by atoms with Crippen LogP contribution in [-0.4, -0.2) is 0 Å². The molecule has 0 aliphatic heterocycles. The van der Waals surface area contributed by atoms with Gasteiger partial charge in [0.05, 0.1) is 12.3 Å². The fourth-order valence-corrected chi connectivity index (χ4v) is 2.47. The number of nitrogens with one attached hydrogen (secondary N) is 1. The molecule has 0 bridgehead atoms. The van der Waals surface area contributed by atoms with Crippen molar-refractivity contribution < 1.29 is 4.42 Å². The zero-order chi connectivity index (χ0) is 13.8. The van der Waals surface area contributed by atoms with Gasteiger partial charge in [0.2, 0.25) is 0 Å². The highest BCUT2D eigenvalue weighted by molar-refractivity contribution is 6.29. The van der Waals surface area contributed by atoms with Crippen molar-refractivity contribution in [2.75, 3.05) is 0 Å². The van der Waals surface area contributed by atoms with Crippen LogP contribution >= 0.6 is 11.6 Å². The van der Waals surface area contributed by atoms with Gasteiger partial charge in [-0.15, -0.1) is 0 Å². The monoisotopic (exact) mass is 278 g/mol. The van der Waals surface area contributed by atoms with Crippen LogP contribution in [0.15, 0.2) is 41.0 Å². The highest BCUT2D eigenvalue weighted by Crippen LogP contribution is 2.29. The first-order valence-corrected chi connectivity index (χ1v) is 6.77. The van der Waals surface area contributed by atoms with Gasteiger partial charge in [-0.05, 0) is 41.1 Å². The zero-order valence-electron chi connectivity index (χ0n) is 11.2. The maximum atomic E-state index is 6.03. The maximum Gasteiger partial charge on any atom is 0.198 e. The summed E-state index contributed by atoms with van der Waals surface area (Å²) in [6, 6.07) is 10.1. The van der Waals surface area contributed by atoms with Gasteiger partial charge in [0.15, 0.2) is 5.22 Å². The number of hydrogen-bond acceptors (Lipinski definition) is 3. The Bertz CT molecular complexity index is 536. The van der Waals surface area contributed by atoms with E-state index in [1.54, 1.807) is 6.26 Å². The Morgan fingerprint density at radius 2 is 2.11 bits per heavy atom. The summed E-state index contributed by atoms with van der Waals surface area (Å²) in [5.74, 6) is 6.29. The van der Waals surface area contributed by atoms with E-state index in [2.05, 4.69) is 31.4 Å². The predicted molar refractivity (Wildman–Crippen MR) is 77.9 cm³/mol. The van der Waals surface area contributed by atoms with Gasteiger partial charge in [-0.25, -0.2) is 5.43 Å². The maximum absolute atomic E-state index is 6.03. The number of hydrazine groups is 1. The second-order valence-corrected chi connectivity index (χ2v) is 5.44. The predicted octanol–water partition coefficient (Wildman–Crippen LogP) is 3.68. The van der Waals surface area contributed by atoms with Crippen LogP contribution in [0, 0.1) is 5.92 Å². The fraction of sp³-hybridized carbons (Fsp3) is 0.333. The minimum atomic E-state index is -0.154. The SMILES string of the molecule is CC(C)Cc1cccc(C(NN)c2ccoc2Cl)c1. The van der Waals surface area contributed by atoms with Crippen molar-refractivity contribution in [3.63, 3.8) is 0 Å². The van der Waals surface area contributed by atoms with E-state index in [-0.39, 0.29) is 6.04 Å². The van der Waals surface area contributed by atoms with Crippen LogP contribution in [0.5, 0.6) is 0 Å². The van der Waals surface area contributed by atoms with Gasteiger partial charge in [-0.1, -0.05) is 38.1 Å². The Labute approximate surface area is 118 Å². The molecule has 0 amide bonds. The molecule has 2 aromatic rings. The number of nitrogens with two attached hydrogens (primary N) is 1. The molecule has 0 aliphatic rings. The normalized spacial score (nSPS) is 12.9. The lowest BCUT2D eigenvalue weighted by atomic mass is 9.96. The van der Waals surface area contributed by atoms with Crippen LogP contribution in [-0.2, 0) is 6.42 Å². The molecule has 0 fully saturated rings. The highest BCUT2D eigenvalue weighted by Gasteiger charge is 2.18. The Balaban J connectivity index is 2.31. The molecule has 0 radical (unpaired) electrons. The molecule has 0 spiro atoms. The fourth-order valence-electron chi connectivity index (χ4n) is 2.25. The molecule has 4 heteroatoms. The first-order chi connectivity index (χ1) is 9.11. The van der Waals surface area contributed by atoms with Crippen LogP contribution in [0.1, 0.15) is 36.6 Å². The van der Waals surface area contributed by atoms with Gasteiger partial charge in [0.1, 0.15) is 0 Å². The molecule has 0 saturated heterocycles. The standard InChI is InChI=1S/C15H19ClN2O/c1-10(2)8-11-4-3-5-12(9-11)14(18-17)13-6-7-19-15(13)16/h3-7,9-10,14,18H,8,17H2,1-2H3. The molecule has 3 N–H and O–H groups in total. The van der Waals surface area contributed by atoms with Crippen molar-refractivity contribution in [3.05, 3.63) is 58.5 Å². The lowest BCUT2D eigenvalue weighted by molar-refractivity contribution is 0.555. The molecule has 1 heterocycles. The zero-order valence-corrected chi connectivity index (χ0v) is 11.9. The first kappa shape index (κ1) is 14.1. The van der Waals surface area contributed by atoms with Crippen molar-refractivity contribution in [1.29, 1.82) is 0 Å². The summed E-state index contributed by atoms with van der Waals surface area (Å²) in [5.41, 5.74) is 6.04. The smallest absolute Gasteiger partial charge is 0.198 e. The lowest BCUT2D eigenvalue weighted by Gasteiger charge is -2.16. The van der Waals surface area contributed by atoms with Gasteiger partial charge < -0.3 is 4.42 Å². The van der Waals surface area contributed by atoms with Crippen molar-refractivity contribution >= 4 is 11.6 Å². The summed E-state index contributed by atoms with van der Waals surface area (Å²) in [6.45, 7) is 4.41. The topological polar surface area (TPSA) is 51.2 Å². The summed E-state index contributed by atoms with van der Waals surface area (Å²) in [5, 5.41) is 0.372. The van der Waals surface area contributed by atoms with Crippen LogP contribution in [0.2, 0.25) is 5.22 Å². The van der Waals surface area contributed by atoms with Gasteiger partial charge in [0.25, 0.3) is 0 Å². The van der Waals surface area contributed by atoms with Gasteiger partial charge in [-0.3, -0.25) is 5.84 Å². The Morgan fingerprint density at radius 1 is 1.32 bits per heavy atom. The van der Waals surface area contributed by atoms with Gasteiger partial charge in [0, 0.05) is 5.56 Å². The average molecular weight is 279 g/mol. The lowest BCUT2D eigenvalue weighted by Crippen LogP contribution is -2.28. The third kappa shape index (κ3) is 3.38. The summed E-state index contributed by atoms with van der Waals surface area (Å²) in [6.07, 6.45) is 2.62. The molecule has 1 aromatic heterocycles. The molecule has 0 aliphatic carbocycles.